The SMILES string of the molecule is Nc1c(F)cccc1C(=O)N1CC=C(C(F)(F)F)CC1. The fraction of sp³-hybridized carbons (Fsp3) is 0.308. The van der Waals surface area contributed by atoms with Crippen LogP contribution < -0.4 is 5.73 Å². The molecule has 1 aromatic carbocycles. The van der Waals surface area contributed by atoms with Crippen LogP contribution in [-0.4, -0.2) is 30.1 Å². The lowest BCUT2D eigenvalue weighted by Crippen LogP contribution is -2.37. The Hall–Kier alpha value is -2.05. The molecular weight excluding hydrogens is 276 g/mol. The van der Waals surface area contributed by atoms with Crippen LogP contribution in [0.4, 0.5) is 23.2 Å². The van der Waals surface area contributed by atoms with Crippen LogP contribution >= 0.6 is 0 Å². The lowest BCUT2D eigenvalue weighted by atomic mass is 10.1. The summed E-state index contributed by atoms with van der Waals surface area (Å²) in [5, 5.41) is 0. The van der Waals surface area contributed by atoms with Crippen LogP contribution in [-0.2, 0) is 0 Å². The molecule has 0 saturated heterocycles. The van der Waals surface area contributed by atoms with Crippen molar-refractivity contribution in [3.8, 4) is 0 Å². The van der Waals surface area contributed by atoms with Crippen molar-refractivity contribution < 1.29 is 22.4 Å². The Bertz CT molecular complexity index is 566. The zero-order valence-electron chi connectivity index (χ0n) is 10.4. The predicted octanol–water partition coefficient (Wildman–Crippen LogP) is 2.74. The van der Waals surface area contributed by atoms with E-state index in [1.54, 1.807) is 0 Å². The number of carbonyl (C=O) groups is 1. The summed E-state index contributed by atoms with van der Waals surface area (Å²) in [5.41, 5.74) is 4.50. The number of para-hydroxylation sites is 1. The number of hydrogen-bond acceptors (Lipinski definition) is 2. The Kier molecular flexibility index (Phi) is 3.69. The molecule has 0 aromatic heterocycles. The average molecular weight is 288 g/mol. The highest BCUT2D eigenvalue weighted by molar-refractivity contribution is 5.99. The van der Waals surface area contributed by atoms with Crippen LogP contribution in [0.15, 0.2) is 29.8 Å². The summed E-state index contributed by atoms with van der Waals surface area (Å²) in [4.78, 5) is 13.3. The van der Waals surface area contributed by atoms with Crippen LogP contribution in [0.1, 0.15) is 16.8 Å². The van der Waals surface area contributed by atoms with E-state index in [-0.39, 0.29) is 30.8 Å². The summed E-state index contributed by atoms with van der Waals surface area (Å²) < 4.78 is 50.7. The standard InChI is InChI=1S/C13H12F4N2O/c14-10-3-1-2-9(11(10)18)12(20)19-6-4-8(5-7-19)13(15,16)17/h1-4H,5-7,18H2. The molecule has 1 aliphatic rings. The third kappa shape index (κ3) is 2.76. The van der Waals surface area contributed by atoms with Crippen molar-refractivity contribution in [1.29, 1.82) is 0 Å². The van der Waals surface area contributed by atoms with Crippen molar-refractivity contribution in [3.05, 3.63) is 41.2 Å². The van der Waals surface area contributed by atoms with Crippen LogP contribution in [0.3, 0.4) is 0 Å². The number of nitrogens with zero attached hydrogens (tertiary/aromatic N) is 1. The lowest BCUT2D eigenvalue weighted by molar-refractivity contribution is -0.0957. The highest BCUT2D eigenvalue weighted by Crippen LogP contribution is 2.30. The molecule has 0 bridgehead atoms. The van der Waals surface area contributed by atoms with Crippen molar-refractivity contribution in [1.82, 2.24) is 4.90 Å². The first-order valence-corrected chi connectivity index (χ1v) is 5.90. The molecule has 3 nitrogen and oxygen atoms in total. The topological polar surface area (TPSA) is 46.3 Å². The molecule has 0 spiro atoms. The van der Waals surface area contributed by atoms with Gasteiger partial charge < -0.3 is 10.6 Å². The first-order valence-electron chi connectivity index (χ1n) is 5.90. The third-order valence-electron chi connectivity index (χ3n) is 3.14. The van der Waals surface area contributed by atoms with E-state index in [9.17, 15) is 22.4 Å². The van der Waals surface area contributed by atoms with Gasteiger partial charge in [-0.2, -0.15) is 13.2 Å². The molecule has 7 heteroatoms. The molecule has 0 saturated carbocycles. The summed E-state index contributed by atoms with van der Waals surface area (Å²) >= 11 is 0. The van der Waals surface area contributed by atoms with E-state index in [0.717, 1.165) is 12.1 Å². The van der Waals surface area contributed by atoms with Crippen LogP contribution in [0.2, 0.25) is 0 Å². The maximum Gasteiger partial charge on any atom is 0.412 e. The number of amides is 1. The van der Waals surface area contributed by atoms with E-state index in [0.29, 0.717) is 0 Å². The van der Waals surface area contributed by atoms with Gasteiger partial charge in [0, 0.05) is 18.7 Å². The Balaban J connectivity index is 2.17. The number of benzene rings is 1. The molecule has 108 valence electrons. The quantitative estimate of drug-likeness (QED) is 0.490. The first-order chi connectivity index (χ1) is 9.30. The maximum atomic E-state index is 13.3. The van der Waals surface area contributed by atoms with Crippen molar-refractivity contribution in [2.45, 2.75) is 12.6 Å². The molecule has 1 aromatic rings. The normalized spacial score (nSPS) is 16.0. The van der Waals surface area contributed by atoms with Crippen molar-refractivity contribution in [3.63, 3.8) is 0 Å². The van der Waals surface area contributed by atoms with E-state index < -0.39 is 23.5 Å². The van der Waals surface area contributed by atoms with Gasteiger partial charge in [0.05, 0.1) is 11.3 Å². The second kappa shape index (κ2) is 5.15. The van der Waals surface area contributed by atoms with Gasteiger partial charge >= 0.3 is 6.18 Å². The summed E-state index contributed by atoms with van der Waals surface area (Å²) in [5.74, 6) is -1.29. The Morgan fingerprint density at radius 2 is 2.00 bits per heavy atom. The summed E-state index contributed by atoms with van der Waals surface area (Å²) in [6, 6.07) is 3.80. The number of rotatable bonds is 1. The first kappa shape index (κ1) is 14.4. The second-order valence-corrected chi connectivity index (χ2v) is 4.43. The number of hydrogen-bond donors (Lipinski definition) is 1. The Morgan fingerprint density at radius 3 is 2.55 bits per heavy atom. The molecular formula is C13H12F4N2O. The molecule has 0 fully saturated rings. The minimum Gasteiger partial charge on any atom is -0.396 e. The predicted molar refractivity (Wildman–Crippen MR) is 65.5 cm³/mol. The maximum absolute atomic E-state index is 13.3. The lowest BCUT2D eigenvalue weighted by Gasteiger charge is -2.27. The fourth-order valence-corrected chi connectivity index (χ4v) is 2.00. The number of carbonyl (C=O) groups excluding carboxylic acids is 1. The monoisotopic (exact) mass is 288 g/mol. The third-order valence-corrected chi connectivity index (χ3v) is 3.14. The van der Waals surface area contributed by atoms with Crippen LogP contribution in [0, 0.1) is 5.82 Å². The van der Waals surface area contributed by atoms with E-state index in [1.165, 1.54) is 17.0 Å². The van der Waals surface area contributed by atoms with Gasteiger partial charge in [-0.1, -0.05) is 12.1 Å². The van der Waals surface area contributed by atoms with Crippen molar-refractivity contribution >= 4 is 11.6 Å². The van der Waals surface area contributed by atoms with Crippen LogP contribution in [0.5, 0.6) is 0 Å². The number of alkyl halides is 3. The van der Waals surface area contributed by atoms with Gasteiger partial charge in [0.2, 0.25) is 0 Å². The summed E-state index contributed by atoms with van der Waals surface area (Å²) in [7, 11) is 0. The number of nitrogen functional groups attached to an aromatic ring is 1. The Labute approximate surface area is 112 Å². The summed E-state index contributed by atoms with van der Waals surface area (Å²) in [6.45, 7) is -0.232. The van der Waals surface area contributed by atoms with Crippen molar-refractivity contribution in [2.75, 3.05) is 18.8 Å². The van der Waals surface area contributed by atoms with Gasteiger partial charge in [-0.05, 0) is 18.6 Å². The highest BCUT2D eigenvalue weighted by Gasteiger charge is 2.35. The zero-order valence-corrected chi connectivity index (χ0v) is 10.4. The number of halogens is 4. The van der Waals surface area contributed by atoms with Crippen molar-refractivity contribution in [2.24, 2.45) is 0 Å². The second-order valence-electron chi connectivity index (χ2n) is 4.43. The molecule has 2 rings (SSSR count). The van der Waals surface area contributed by atoms with E-state index >= 15 is 0 Å². The largest absolute Gasteiger partial charge is 0.412 e. The number of anilines is 1. The fourth-order valence-electron chi connectivity index (χ4n) is 2.00. The molecule has 1 heterocycles. The Morgan fingerprint density at radius 1 is 1.30 bits per heavy atom. The van der Waals surface area contributed by atoms with Crippen LogP contribution in [0.25, 0.3) is 0 Å². The zero-order chi connectivity index (χ0) is 14.9. The number of nitrogens with two attached hydrogens (primary N) is 1. The molecule has 0 radical (unpaired) electrons. The van der Waals surface area contributed by atoms with Gasteiger partial charge in [0.25, 0.3) is 5.91 Å². The minimum atomic E-state index is -4.37. The van der Waals surface area contributed by atoms with Gasteiger partial charge in [0.1, 0.15) is 5.82 Å². The van der Waals surface area contributed by atoms with E-state index in [4.69, 9.17) is 5.73 Å². The van der Waals surface area contributed by atoms with Gasteiger partial charge in [0.15, 0.2) is 0 Å². The summed E-state index contributed by atoms with van der Waals surface area (Å²) in [6.07, 6.45) is -3.67. The van der Waals surface area contributed by atoms with E-state index in [2.05, 4.69) is 0 Å². The smallest absolute Gasteiger partial charge is 0.396 e. The molecule has 1 amide bonds. The van der Waals surface area contributed by atoms with Gasteiger partial charge in [-0.25, -0.2) is 4.39 Å². The molecule has 20 heavy (non-hydrogen) atoms. The van der Waals surface area contributed by atoms with E-state index in [1.807, 2.05) is 0 Å². The molecule has 0 aliphatic carbocycles. The average Bonchev–Trinajstić information content (AvgIpc) is 2.40. The molecule has 1 aliphatic heterocycles. The van der Waals surface area contributed by atoms with Gasteiger partial charge in [-0.15, -0.1) is 0 Å². The minimum absolute atomic E-state index is 0.0335. The molecule has 0 atom stereocenters. The molecule has 0 unspecified atom stereocenters. The van der Waals surface area contributed by atoms with Gasteiger partial charge in [-0.3, -0.25) is 4.79 Å². The highest BCUT2D eigenvalue weighted by atomic mass is 19.4. The molecule has 2 N–H and O–H groups in total.